The molecule has 8 aromatic carbocycles. The van der Waals surface area contributed by atoms with Gasteiger partial charge >= 0.3 is 0 Å². The molecule has 0 aliphatic rings. The van der Waals surface area contributed by atoms with Crippen LogP contribution in [0.1, 0.15) is 44.5 Å². The van der Waals surface area contributed by atoms with Crippen molar-refractivity contribution in [3.8, 4) is 0 Å². The third kappa shape index (κ3) is 16.7. The molecule has 0 radical (unpaired) electrons. The van der Waals surface area contributed by atoms with Gasteiger partial charge in [0.05, 0.1) is 0 Å². The second-order valence-corrected chi connectivity index (χ2v) is 17.1. The van der Waals surface area contributed by atoms with Crippen LogP contribution in [0.15, 0.2) is 243 Å². The number of benzene rings is 8. The highest BCUT2D eigenvalue weighted by Gasteiger charge is 2.31. The van der Waals surface area contributed by atoms with Gasteiger partial charge < -0.3 is 18.1 Å². The molecule has 0 saturated heterocycles. The zero-order chi connectivity index (χ0) is 44.1. The van der Waals surface area contributed by atoms with E-state index in [0.29, 0.717) is 0 Å². The van der Waals surface area contributed by atoms with E-state index in [-0.39, 0.29) is 0 Å². The van der Waals surface area contributed by atoms with Crippen LogP contribution in [0.3, 0.4) is 0 Å². The van der Waals surface area contributed by atoms with E-state index in [4.69, 9.17) is 17.5 Å². The van der Waals surface area contributed by atoms with Crippen molar-refractivity contribution in [2.24, 2.45) is 0 Å². The first-order valence-corrected chi connectivity index (χ1v) is 22.6. The molecule has 0 aliphatic carbocycles. The molecule has 0 heterocycles. The zero-order valence-electron chi connectivity index (χ0n) is 35.7. The van der Waals surface area contributed by atoms with E-state index in [0.717, 1.165) is 61.3 Å². The first-order valence-electron chi connectivity index (χ1n) is 21.3. The Kier molecular flexibility index (Phi) is 17.3. The molecule has 0 atom stereocenters. The van der Waals surface area contributed by atoms with E-state index in [1.807, 2.05) is 0 Å². The Morgan fingerprint density at radius 3 is 0.429 bits per heavy atom. The Labute approximate surface area is 374 Å². The van der Waals surface area contributed by atoms with Crippen LogP contribution in [0.5, 0.6) is 0 Å². The van der Waals surface area contributed by atoms with Crippen molar-refractivity contribution in [2.75, 3.05) is 0 Å². The highest BCUT2D eigenvalue weighted by Crippen LogP contribution is 2.29. The van der Waals surface area contributed by atoms with Crippen LogP contribution >= 0.6 is 0 Å². The summed E-state index contributed by atoms with van der Waals surface area (Å²) >= 11 is 0. The monoisotopic (exact) mass is 852 g/mol. The van der Waals surface area contributed by atoms with Crippen LogP contribution in [-0.2, 0) is 62.8 Å². The molecule has 0 bridgehead atoms. The number of nitrogens with zero attached hydrogens (tertiary/aromatic N) is 2. The van der Waals surface area contributed by atoms with E-state index < -0.39 is 10.4 Å². The fraction of sp³-hybridized carbons (Fsp3) is 0.143. The summed E-state index contributed by atoms with van der Waals surface area (Å²) in [6.07, 6.45) is 0. The highest BCUT2D eigenvalue weighted by molar-refractivity contribution is 7.79. The molecule has 0 saturated carbocycles. The zero-order valence-corrected chi connectivity index (χ0v) is 36.5. The molecule has 0 spiro atoms. The van der Waals surface area contributed by atoms with Gasteiger partial charge in [0.25, 0.3) is 0 Å². The molecule has 0 aromatic heterocycles. The summed E-state index contributed by atoms with van der Waals surface area (Å²) in [7, 11) is -5.17. The van der Waals surface area contributed by atoms with Crippen molar-refractivity contribution >= 4 is 10.4 Å². The van der Waals surface area contributed by atoms with Gasteiger partial charge in [0.1, 0.15) is 52.4 Å². The second kappa shape index (κ2) is 23.7. The average Bonchev–Trinajstić information content (AvgIpc) is 3.29. The molecule has 0 unspecified atom stereocenters. The topological polar surface area (TPSA) is 80.3 Å². The lowest BCUT2D eigenvalue weighted by atomic mass is 10.0. The van der Waals surface area contributed by atoms with Crippen LogP contribution in [-0.4, -0.2) is 26.5 Å². The van der Waals surface area contributed by atoms with E-state index in [1.165, 1.54) is 44.5 Å². The Bertz CT molecular complexity index is 2050. The highest BCUT2D eigenvalue weighted by atomic mass is 32.3. The maximum Gasteiger partial charge on any atom is 0.105 e. The molecule has 320 valence electrons. The molecular weight excluding hydrogens is 797 g/mol. The third-order valence-corrected chi connectivity index (χ3v) is 10.9. The van der Waals surface area contributed by atoms with Crippen molar-refractivity contribution in [3.63, 3.8) is 0 Å². The van der Waals surface area contributed by atoms with Crippen molar-refractivity contribution in [3.05, 3.63) is 287 Å². The van der Waals surface area contributed by atoms with E-state index >= 15 is 0 Å². The summed E-state index contributed by atoms with van der Waals surface area (Å²) in [5.41, 5.74) is 11.1. The number of rotatable bonds is 16. The largest absolute Gasteiger partial charge is 0.759 e. The number of hydrogen-bond donors (Lipinski definition) is 0. The second-order valence-electron chi connectivity index (χ2n) is 16.2. The summed E-state index contributed by atoms with van der Waals surface area (Å²) in [4.78, 5) is 0. The van der Waals surface area contributed by atoms with Crippen molar-refractivity contribution < 1.29 is 26.5 Å². The minimum Gasteiger partial charge on any atom is -0.759 e. The fourth-order valence-corrected chi connectivity index (χ4v) is 8.44. The predicted molar refractivity (Wildman–Crippen MR) is 252 cm³/mol. The van der Waals surface area contributed by atoms with Crippen LogP contribution in [0, 0.1) is 0 Å². The Hall–Kier alpha value is -6.45. The van der Waals surface area contributed by atoms with Crippen molar-refractivity contribution in [2.45, 2.75) is 52.4 Å². The summed E-state index contributed by atoms with van der Waals surface area (Å²) in [5.74, 6) is 0. The minimum atomic E-state index is -5.17. The molecule has 0 amide bonds. The summed E-state index contributed by atoms with van der Waals surface area (Å²) in [6, 6.07) is 87.3. The molecule has 0 aliphatic heterocycles. The molecule has 0 N–H and O–H groups in total. The molecule has 7 heteroatoms. The van der Waals surface area contributed by atoms with Gasteiger partial charge in [-0.3, -0.25) is 8.42 Å². The minimum absolute atomic E-state index is 0.960. The van der Waals surface area contributed by atoms with Gasteiger partial charge in [0, 0.05) is 54.9 Å². The standard InChI is InChI=1S/2C28H28N.H2O4S/c2*1-5-13-25(14-6-1)21-29(22-26-15-7-2-8-16-26,23-27-17-9-3-10-18-27)24-28-19-11-4-12-20-28;1-5(2,3)4/h2*1-20H,21-24H2;(H2,1,2,3,4)/q2*+1;/p-2. The molecule has 8 aromatic rings. The molecule has 0 fully saturated rings. The first kappa shape index (κ1) is 46.1. The lowest BCUT2D eigenvalue weighted by molar-refractivity contribution is -0.978. The van der Waals surface area contributed by atoms with Crippen LogP contribution < -0.4 is 0 Å². The third-order valence-electron chi connectivity index (χ3n) is 10.9. The number of hydrogen-bond acceptors (Lipinski definition) is 4. The maximum atomic E-state index is 8.52. The fourth-order valence-electron chi connectivity index (χ4n) is 8.44. The maximum absolute atomic E-state index is 8.52. The van der Waals surface area contributed by atoms with Gasteiger partial charge in [0.15, 0.2) is 0 Å². The molecular formula is C56H56N2O4S. The lowest BCUT2D eigenvalue weighted by Crippen LogP contribution is -2.45. The normalized spacial score (nSPS) is 11.3. The van der Waals surface area contributed by atoms with E-state index in [2.05, 4.69) is 243 Å². The van der Waals surface area contributed by atoms with Crippen molar-refractivity contribution in [1.29, 1.82) is 0 Å². The molecule has 63 heavy (non-hydrogen) atoms. The van der Waals surface area contributed by atoms with Gasteiger partial charge in [-0.25, -0.2) is 0 Å². The van der Waals surface area contributed by atoms with E-state index in [9.17, 15) is 0 Å². The average molecular weight is 853 g/mol. The van der Waals surface area contributed by atoms with Crippen LogP contribution in [0.25, 0.3) is 0 Å². The lowest BCUT2D eigenvalue weighted by Gasteiger charge is -2.39. The molecule has 8 rings (SSSR count). The predicted octanol–water partition coefficient (Wildman–Crippen LogP) is 11.9. The summed E-state index contributed by atoms with van der Waals surface area (Å²) < 4.78 is 36.0. The Morgan fingerprint density at radius 1 is 0.238 bits per heavy atom. The Balaban J connectivity index is 0.000000190. The SMILES string of the molecule is O=S(=O)([O-])[O-].c1ccc(C[N+](Cc2ccccc2)(Cc2ccccc2)Cc2ccccc2)cc1.c1ccc(C[N+](Cc2ccccc2)(Cc2ccccc2)Cc2ccccc2)cc1. The summed E-state index contributed by atoms with van der Waals surface area (Å²) in [6.45, 7) is 8.00. The van der Waals surface area contributed by atoms with Gasteiger partial charge in [-0.2, -0.15) is 0 Å². The van der Waals surface area contributed by atoms with Crippen molar-refractivity contribution in [1.82, 2.24) is 0 Å². The first-order chi connectivity index (χ1) is 30.6. The van der Waals surface area contributed by atoms with E-state index in [1.54, 1.807) is 0 Å². The van der Waals surface area contributed by atoms with Gasteiger partial charge in [-0.05, 0) is 0 Å². The van der Waals surface area contributed by atoms with Crippen LogP contribution in [0.2, 0.25) is 0 Å². The quantitative estimate of drug-likeness (QED) is 0.0551. The van der Waals surface area contributed by atoms with Crippen LogP contribution in [0.4, 0.5) is 0 Å². The molecule has 6 nitrogen and oxygen atoms in total. The Morgan fingerprint density at radius 2 is 0.333 bits per heavy atom. The summed E-state index contributed by atoms with van der Waals surface area (Å²) in [5, 5.41) is 0. The van der Waals surface area contributed by atoms with Gasteiger partial charge in [-0.1, -0.05) is 243 Å². The van der Waals surface area contributed by atoms with Gasteiger partial charge in [0.2, 0.25) is 0 Å². The van der Waals surface area contributed by atoms with Gasteiger partial charge in [-0.15, -0.1) is 0 Å². The smallest absolute Gasteiger partial charge is 0.105 e. The number of quaternary nitrogens is 2.